The topological polar surface area (TPSA) is 72.8 Å². The fraction of sp³-hybridized carbons (Fsp3) is 0.444. The number of carboxylic acids is 1. The van der Waals surface area contributed by atoms with Gasteiger partial charge in [0.2, 0.25) is 0 Å². The van der Waals surface area contributed by atoms with Gasteiger partial charge in [0.1, 0.15) is 0 Å². The van der Waals surface area contributed by atoms with E-state index in [9.17, 15) is 9.59 Å². The van der Waals surface area contributed by atoms with Crippen molar-refractivity contribution in [2.45, 2.75) is 39.5 Å². The van der Waals surface area contributed by atoms with E-state index in [-0.39, 0.29) is 11.9 Å². The van der Waals surface area contributed by atoms with E-state index in [1.807, 2.05) is 6.92 Å². The summed E-state index contributed by atoms with van der Waals surface area (Å²) in [5, 5.41) is 8.73. The molecule has 0 aromatic heterocycles. The van der Waals surface area contributed by atoms with Gasteiger partial charge in [-0.3, -0.25) is 4.79 Å². The van der Waals surface area contributed by atoms with Gasteiger partial charge >= 0.3 is 11.9 Å². The van der Waals surface area contributed by atoms with Crippen molar-refractivity contribution >= 4 is 18.0 Å². The number of hydrogen-bond acceptors (Lipinski definition) is 4. The van der Waals surface area contributed by atoms with E-state index in [1.54, 1.807) is 18.2 Å². The van der Waals surface area contributed by atoms with Gasteiger partial charge in [0.25, 0.3) is 0 Å². The van der Waals surface area contributed by atoms with Crippen molar-refractivity contribution in [2.75, 3.05) is 7.11 Å². The summed E-state index contributed by atoms with van der Waals surface area (Å²) < 4.78 is 10.8. The Bertz CT molecular complexity index is 563. The minimum Gasteiger partial charge on any atom is -0.492 e. The third-order valence-electron chi connectivity index (χ3n) is 3.56. The molecule has 0 saturated heterocycles. The van der Waals surface area contributed by atoms with E-state index in [2.05, 4.69) is 6.92 Å². The Morgan fingerprint density at radius 2 is 2.04 bits per heavy atom. The van der Waals surface area contributed by atoms with E-state index in [0.717, 1.165) is 31.8 Å². The fourth-order valence-corrected chi connectivity index (χ4v) is 2.25. The van der Waals surface area contributed by atoms with Crippen LogP contribution in [0.3, 0.4) is 0 Å². The Morgan fingerprint density at radius 3 is 2.61 bits per heavy atom. The molecule has 126 valence electrons. The maximum atomic E-state index is 12.3. The molecule has 0 saturated carbocycles. The Hall–Kier alpha value is -2.30. The van der Waals surface area contributed by atoms with E-state index in [4.69, 9.17) is 14.6 Å². The zero-order valence-corrected chi connectivity index (χ0v) is 13.9. The molecule has 0 aliphatic carbocycles. The van der Waals surface area contributed by atoms with Gasteiger partial charge in [0.05, 0.1) is 13.0 Å². The highest BCUT2D eigenvalue weighted by Crippen LogP contribution is 2.33. The highest BCUT2D eigenvalue weighted by molar-refractivity contribution is 5.86. The standard InChI is InChI=1S/C18H24O5/c1-4-6-8-13(5-2)18(21)23-15-10-7-9-14(17(15)22-3)11-12-16(19)20/h7,9-13H,4-6,8H2,1-3H3,(H,19,20)/b12-11+. The summed E-state index contributed by atoms with van der Waals surface area (Å²) in [6.07, 6.45) is 5.95. The zero-order chi connectivity index (χ0) is 17.2. The van der Waals surface area contributed by atoms with Gasteiger partial charge in [-0.2, -0.15) is 0 Å². The lowest BCUT2D eigenvalue weighted by Crippen LogP contribution is -2.20. The monoisotopic (exact) mass is 320 g/mol. The summed E-state index contributed by atoms with van der Waals surface area (Å²) in [7, 11) is 1.46. The molecule has 0 fully saturated rings. The Kier molecular flexibility index (Phi) is 7.88. The molecular weight excluding hydrogens is 296 g/mol. The molecule has 0 heterocycles. The van der Waals surface area contributed by atoms with Crippen molar-refractivity contribution < 1.29 is 24.2 Å². The van der Waals surface area contributed by atoms with Crippen LogP contribution in [-0.2, 0) is 9.59 Å². The summed E-state index contributed by atoms with van der Waals surface area (Å²) in [6, 6.07) is 5.03. The number of benzene rings is 1. The van der Waals surface area contributed by atoms with Crippen molar-refractivity contribution in [3.8, 4) is 11.5 Å². The SMILES string of the molecule is CCCCC(CC)C(=O)Oc1cccc(/C=C/C(=O)O)c1OC. The molecule has 1 atom stereocenters. The average molecular weight is 320 g/mol. The lowest BCUT2D eigenvalue weighted by molar-refractivity contribution is -0.139. The molecule has 5 nitrogen and oxygen atoms in total. The minimum atomic E-state index is -1.06. The van der Waals surface area contributed by atoms with Gasteiger partial charge < -0.3 is 14.6 Å². The number of aliphatic carboxylic acids is 1. The molecule has 0 bridgehead atoms. The molecule has 0 spiro atoms. The molecule has 1 aromatic rings. The van der Waals surface area contributed by atoms with Gasteiger partial charge in [0.15, 0.2) is 11.5 Å². The second kappa shape index (κ2) is 9.66. The van der Waals surface area contributed by atoms with Crippen molar-refractivity contribution in [1.82, 2.24) is 0 Å². The summed E-state index contributed by atoms with van der Waals surface area (Å²) in [4.78, 5) is 23.0. The Labute approximate surface area is 136 Å². The van der Waals surface area contributed by atoms with E-state index < -0.39 is 5.97 Å². The normalized spacial score (nSPS) is 12.1. The van der Waals surface area contributed by atoms with Crippen LogP contribution in [0, 0.1) is 5.92 Å². The first kappa shape index (κ1) is 18.7. The van der Waals surface area contributed by atoms with Gasteiger partial charge in [-0.25, -0.2) is 4.79 Å². The first-order chi connectivity index (χ1) is 11.0. The number of esters is 1. The number of carboxylic acid groups (broad SMARTS) is 1. The number of unbranched alkanes of at least 4 members (excludes halogenated alkanes) is 1. The van der Waals surface area contributed by atoms with E-state index in [1.165, 1.54) is 13.2 Å². The van der Waals surface area contributed by atoms with Gasteiger partial charge in [-0.05, 0) is 25.0 Å². The number of carbonyl (C=O) groups excluding carboxylic acids is 1. The Morgan fingerprint density at radius 1 is 1.30 bits per heavy atom. The summed E-state index contributed by atoms with van der Waals surface area (Å²) >= 11 is 0. The number of methoxy groups -OCH3 is 1. The third-order valence-corrected chi connectivity index (χ3v) is 3.56. The predicted octanol–water partition coefficient (Wildman–Crippen LogP) is 3.91. The van der Waals surface area contributed by atoms with E-state index >= 15 is 0 Å². The van der Waals surface area contributed by atoms with Crippen LogP contribution in [-0.4, -0.2) is 24.2 Å². The second-order valence-corrected chi connectivity index (χ2v) is 5.22. The van der Waals surface area contributed by atoms with Crippen molar-refractivity contribution in [2.24, 2.45) is 5.92 Å². The number of rotatable bonds is 9. The first-order valence-corrected chi connectivity index (χ1v) is 7.83. The van der Waals surface area contributed by atoms with Crippen molar-refractivity contribution in [3.63, 3.8) is 0 Å². The molecule has 23 heavy (non-hydrogen) atoms. The molecule has 1 unspecified atom stereocenters. The second-order valence-electron chi connectivity index (χ2n) is 5.22. The predicted molar refractivity (Wildman–Crippen MR) is 88.6 cm³/mol. The molecule has 1 N–H and O–H groups in total. The van der Waals surface area contributed by atoms with Gasteiger partial charge in [-0.15, -0.1) is 0 Å². The third kappa shape index (κ3) is 5.77. The summed E-state index contributed by atoms with van der Waals surface area (Å²) in [5.41, 5.74) is 0.543. The molecule has 0 amide bonds. The molecule has 1 aromatic carbocycles. The van der Waals surface area contributed by atoms with E-state index in [0.29, 0.717) is 17.1 Å². The highest BCUT2D eigenvalue weighted by atomic mass is 16.6. The van der Waals surface area contributed by atoms with Crippen LogP contribution < -0.4 is 9.47 Å². The molecular formula is C18H24O5. The van der Waals surface area contributed by atoms with Gasteiger partial charge in [0, 0.05) is 11.6 Å². The van der Waals surface area contributed by atoms with Crippen LogP contribution in [0.1, 0.15) is 45.1 Å². The number of ether oxygens (including phenoxy) is 2. The van der Waals surface area contributed by atoms with Gasteiger partial charge in [-0.1, -0.05) is 38.8 Å². The summed E-state index contributed by atoms with van der Waals surface area (Å²) in [5.74, 6) is -0.819. The lowest BCUT2D eigenvalue weighted by Gasteiger charge is -2.16. The van der Waals surface area contributed by atoms with Crippen LogP contribution in [0.4, 0.5) is 0 Å². The van der Waals surface area contributed by atoms with Crippen LogP contribution in [0.5, 0.6) is 11.5 Å². The van der Waals surface area contributed by atoms with Crippen LogP contribution >= 0.6 is 0 Å². The molecule has 1 rings (SSSR count). The summed E-state index contributed by atoms with van der Waals surface area (Å²) in [6.45, 7) is 4.05. The quantitative estimate of drug-likeness (QED) is 0.424. The minimum absolute atomic E-state index is 0.141. The van der Waals surface area contributed by atoms with Crippen LogP contribution in [0.15, 0.2) is 24.3 Å². The van der Waals surface area contributed by atoms with Crippen molar-refractivity contribution in [1.29, 1.82) is 0 Å². The zero-order valence-electron chi connectivity index (χ0n) is 13.9. The smallest absolute Gasteiger partial charge is 0.328 e. The largest absolute Gasteiger partial charge is 0.492 e. The first-order valence-electron chi connectivity index (χ1n) is 7.83. The van der Waals surface area contributed by atoms with Crippen molar-refractivity contribution in [3.05, 3.63) is 29.8 Å². The maximum absolute atomic E-state index is 12.3. The fourth-order valence-electron chi connectivity index (χ4n) is 2.25. The number of para-hydroxylation sites is 1. The molecule has 0 aliphatic heterocycles. The molecule has 0 radical (unpaired) electrons. The average Bonchev–Trinajstić information content (AvgIpc) is 2.53. The van der Waals surface area contributed by atoms with Crippen LogP contribution in [0.2, 0.25) is 0 Å². The molecule has 5 heteroatoms. The Balaban J connectivity index is 2.97. The van der Waals surface area contributed by atoms with Crippen LogP contribution in [0.25, 0.3) is 6.08 Å². The highest BCUT2D eigenvalue weighted by Gasteiger charge is 2.20. The number of hydrogen-bond donors (Lipinski definition) is 1. The molecule has 0 aliphatic rings. The maximum Gasteiger partial charge on any atom is 0.328 e. The lowest BCUT2D eigenvalue weighted by atomic mass is 10.00. The number of carbonyl (C=O) groups is 2.